The molecular formula is C53H34N4O. The molecule has 0 saturated carbocycles. The summed E-state index contributed by atoms with van der Waals surface area (Å²) in [5, 5.41) is 9.51. The van der Waals surface area contributed by atoms with E-state index in [9.17, 15) is 5.26 Å². The van der Waals surface area contributed by atoms with Crippen molar-refractivity contribution in [1.29, 1.82) is 5.26 Å². The molecule has 0 spiro atoms. The standard InChI is InChI=1S/C53H34N4O/c54-35-36-14-12-17-40(32-36)41-18-13-19-43(33-41)52-56-50(38-15-4-1-5-16-38)55-51(57-52)39-28-26-37(27-29-39)42-30-31-49-47(34-42)53(44-20-6-2-7-21-44,45-22-8-3-9-23-45)46-24-10-11-25-48(46)58-49/h1-34H. The molecule has 0 aliphatic carbocycles. The third-order valence-corrected chi connectivity index (χ3v) is 10.9. The summed E-state index contributed by atoms with van der Waals surface area (Å²) in [5.74, 6) is 3.43. The molecule has 0 atom stereocenters. The molecule has 0 N–H and O–H groups in total. The molecule has 10 rings (SSSR count). The highest BCUT2D eigenvalue weighted by Gasteiger charge is 2.45. The fourth-order valence-electron chi connectivity index (χ4n) is 8.15. The summed E-state index contributed by atoms with van der Waals surface area (Å²) < 4.78 is 6.65. The van der Waals surface area contributed by atoms with Crippen molar-refractivity contribution < 1.29 is 4.74 Å². The molecule has 5 nitrogen and oxygen atoms in total. The van der Waals surface area contributed by atoms with Crippen LogP contribution < -0.4 is 4.74 Å². The molecule has 0 bridgehead atoms. The maximum atomic E-state index is 9.51. The zero-order chi connectivity index (χ0) is 38.9. The molecule has 272 valence electrons. The van der Waals surface area contributed by atoms with Crippen LogP contribution in [0.15, 0.2) is 206 Å². The van der Waals surface area contributed by atoms with E-state index in [2.05, 4.69) is 133 Å². The number of nitrogens with zero attached hydrogens (tertiary/aromatic N) is 4. The minimum absolute atomic E-state index is 0.569. The first-order valence-electron chi connectivity index (χ1n) is 19.2. The molecule has 0 fully saturated rings. The maximum absolute atomic E-state index is 9.51. The van der Waals surface area contributed by atoms with E-state index < -0.39 is 5.41 Å². The molecular weight excluding hydrogens is 709 g/mol. The van der Waals surface area contributed by atoms with Gasteiger partial charge in [0.15, 0.2) is 17.5 Å². The molecule has 9 aromatic rings. The largest absolute Gasteiger partial charge is 0.457 e. The van der Waals surface area contributed by atoms with Gasteiger partial charge in [0.1, 0.15) is 11.5 Å². The number of hydrogen-bond acceptors (Lipinski definition) is 5. The first-order valence-corrected chi connectivity index (χ1v) is 19.2. The lowest BCUT2D eigenvalue weighted by Crippen LogP contribution is -2.34. The molecule has 58 heavy (non-hydrogen) atoms. The third kappa shape index (κ3) is 6.10. The molecule has 1 aliphatic rings. The molecule has 0 amide bonds. The highest BCUT2D eigenvalue weighted by molar-refractivity contribution is 5.77. The van der Waals surface area contributed by atoms with Crippen LogP contribution in [0.25, 0.3) is 56.4 Å². The van der Waals surface area contributed by atoms with Gasteiger partial charge in [-0.25, -0.2) is 15.0 Å². The highest BCUT2D eigenvalue weighted by Crippen LogP contribution is 2.55. The van der Waals surface area contributed by atoms with Crippen molar-refractivity contribution in [3.63, 3.8) is 0 Å². The van der Waals surface area contributed by atoms with Crippen molar-refractivity contribution in [2.45, 2.75) is 5.41 Å². The lowest BCUT2D eigenvalue weighted by molar-refractivity contribution is 0.434. The van der Waals surface area contributed by atoms with Crippen LogP contribution in [0.1, 0.15) is 27.8 Å². The first-order chi connectivity index (χ1) is 28.7. The second-order valence-electron chi connectivity index (χ2n) is 14.3. The Morgan fingerprint density at radius 1 is 0.362 bits per heavy atom. The second-order valence-corrected chi connectivity index (χ2v) is 14.3. The summed E-state index contributed by atoms with van der Waals surface area (Å²) in [6, 6.07) is 72.8. The Morgan fingerprint density at radius 2 is 0.828 bits per heavy atom. The SMILES string of the molecule is N#Cc1cccc(-c2cccc(-c3nc(-c4ccccc4)nc(-c4ccc(-c5ccc6c(c5)C(c5ccccc5)(c5ccccc5)c5ccccc5O6)cc4)n3)c2)c1. The number of ether oxygens (including phenoxy) is 1. The average molecular weight is 743 g/mol. The fourth-order valence-corrected chi connectivity index (χ4v) is 8.15. The van der Waals surface area contributed by atoms with Gasteiger partial charge in [-0.3, -0.25) is 0 Å². The zero-order valence-electron chi connectivity index (χ0n) is 31.3. The van der Waals surface area contributed by atoms with E-state index >= 15 is 0 Å². The van der Waals surface area contributed by atoms with Crippen molar-refractivity contribution in [2.24, 2.45) is 0 Å². The Bertz CT molecular complexity index is 2940. The summed E-state index contributed by atoms with van der Waals surface area (Å²) >= 11 is 0. The van der Waals surface area contributed by atoms with E-state index in [4.69, 9.17) is 19.7 Å². The van der Waals surface area contributed by atoms with E-state index in [0.29, 0.717) is 23.0 Å². The van der Waals surface area contributed by atoms with E-state index in [1.165, 1.54) is 11.1 Å². The predicted octanol–water partition coefficient (Wildman–Crippen LogP) is 12.6. The monoisotopic (exact) mass is 742 g/mol. The number of hydrogen-bond donors (Lipinski definition) is 0. The summed E-state index contributed by atoms with van der Waals surface area (Å²) in [7, 11) is 0. The Balaban J connectivity index is 1.07. The van der Waals surface area contributed by atoms with Crippen molar-refractivity contribution in [1.82, 2.24) is 15.0 Å². The Kier molecular flexibility index (Phi) is 8.70. The van der Waals surface area contributed by atoms with Gasteiger partial charge in [-0.2, -0.15) is 5.26 Å². The first kappa shape index (κ1) is 34.5. The lowest BCUT2D eigenvalue weighted by Gasteiger charge is -2.41. The maximum Gasteiger partial charge on any atom is 0.164 e. The molecule has 0 unspecified atom stereocenters. The molecule has 8 aromatic carbocycles. The van der Waals surface area contributed by atoms with E-state index in [1.54, 1.807) is 0 Å². The fraction of sp³-hybridized carbons (Fsp3) is 0.0189. The van der Waals surface area contributed by atoms with Crippen molar-refractivity contribution in [3.05, 3.63) is 234 Å². The van der Waals surface area contributed by atoms with Gasteiger partial charge in [-0.05, 0) is 69.8 Å². The minimum atomic E-state index is -0.604. The van der Waals surface area contributed by atoms with Crippen molar-refractivity contribution >= 4 is 0 Å². The summed E-state index contributed by atoms with van der Waals surface area (Å²) in [6.07, 6.45) is 0. The van der Waals surface area contributed by atoms with Gasteiger partial charge in [-0.1, -0.05) is 170 Å². The lowest BCUT2D eigenvalue weighted by atomic mass is 9.63. The van der Waals surface area contributed by atoms with Crippen LogP contribution in [-0.4, -0.2) is 15.0 Å². The van der Waals surface area contributed by atoms with Gasteiger partial charge in [-0.15, -0.1) is 0 Å². The Labute approximate surface area is 337 Å². The molecule has 0 radical (unpaired) electrons. The number of aromatic nitrogens is 3. The van der Waals surface area contributed by atoms with E-state index in [0.717, 1.165) is 61.6 Å². The van der Waals surface area contributed by atoms with Crippen LogP contribution in [0.4, 0.5) is 0 Å². The van der Waals surface area contributed by atoms with Crippen LogP contribution in [0.5, 0.6) is 11.5 Å². The van der Waals surface area contributed by atoms with E-state index in [1.807, 2.05) is 78.9 Å². The molecule has 1 aliphatic heterocycles. The van der Waals surface area contributed by atoms with Crippen LogP contribution in [-0.2, 0) is 5.41 Å². The van der Waals surface area contributed by atoms with Crippen LogP contribution >= 0.6 is 0 Å². The number of nitriles is 1. The number of para-hydroxylation sites is 1. The topological polar surface area (TPSA) is 71.7 Å². The zero-order valence-corrected chi connectivity index (χ0v) is 31.3. The summed E-state index contributed by atoms with van der Waals surface area (Å²) in [6.45, 7) is 0. The minimum Gasteiger partial charge on any atom is -0.457 e. The number of benzene rings is 8. The molecule has 1 aromatic heterocycles. The predicted molar refractivity (Wildman–Crippen MR) is 230 cm³/mol. The van der Waals surface area contributed by atoms with Gasteiger partial charge in [0, 0.05) is 27.8 Å². The molecule has 5 heteroatoms. The average Bonchev–Trinajstić information content (AvgIpc) is 3.31. The van der Waals surface area contributed by atoms with Gasteiger partial charge in [0.05, 0.1) is 17.0 Å². The van der Waals surface area contributed by atoms with Crippen molar-refractivity contribution in [3.8, 4) is 74.0 Å². The number of fused-ring (bicyclic) bond motifs is 2. The Hall–Kier alpha value is -7.94. The van der Waals surface area contributed by atoms with Crippen LogP contribution in [0, 0.1) is 11.3 Å². The number of rotatable bonds is 7. The summed E-state index contributed by atoms with van der Waals surface area (Å²) in [5.41, 5.74) is 11.2. The third-order valence-electron chi connectivity index (χ3n) is 10.9. The van der Waals surface area contributed by atoms with Crippen molar-refractivity contribution in [2.75, 3.05) is 0 Å². The smallest absolute Gasteiger partial charge is 0.164 e. The molecule has 2 heterocycles. The quantitative estimate of drug-likeness (QED) is 0.163. The summed E-state index contributed by atoms with van der Waals surface area (Å²) in [4.78, 5) is 15.0. The Morgan fingerprint density at radius 3 is 1.50 bits per heavy atom. The van der Waals surface area contributed by atoms with Gasteiger partial charge in [0.25, 0.3) is 0 Å². The second kappa shape index (κ2) is 14.6. The van der Waals surface area contributed by atoms with Gasteiger partial charge in [0.2, 0.25) is 0 Å². The van der Waals surface area contributed by atoms with Gasteiger partial charge < -0.3 is 4.74 Å². The normalized spacial score (nSPS) is 12.4. The van der Waals surface area contributed by atoms with Gasteiger partial charge >= 0.3 is 0 Å². The van der Waals surface area contributed by atoms with Crippen LogP contribution in [0.2, 0.25) is 0 Å². The highest BCUT2D eigenvalue weighted by atomic mass is 16.5. The molecule has 0 saturated heterocycles. The van der Waals surface area contributed by atoms with E-state index in [-0.39, 0.29) is 0 Å². The van der Waals surface area contributed by atoms with Crippen LogP contribution in [0.3, 0.4) is 0 Å².